The van der Waals surface area contributed by atoms with Gasteiger partial charge in [-0.1, -0.05) is 6.07 Å². The van der Waals surface area contributed by atoms with Gasteiger partial charge in [-0.2, -0.15) is 0 Å². The van der Waals surface area contributed by atoms with Gasteiger partial charge in [-0.25, -0.2) is 4.79 Å². The molecule has 1 amide bonds. The minimum Gasteiger partial charge on any atom is -0.496 e. The predicted octanol–water partition coefficient (Wildman–Crippen LogP) is 1.91. The minimum atomic E-state index is -1.02. The summed E-state index contributed by atoms with van der Waals surface area (Å²) in [5.41, 5.74) is 1.83. The summed E-state index contributed by atoms with van der Waals surface area (Å²) in [4.78, 5) is 34.6. The van der Waals surface area contributed by atoms with Crippen LogP contribution < -0.4 is 10.1 Å². The Morgan fingerprint density at radius 1 is 1.20 bits per heavy atom. The van der Waals surface area contributed by atoms with E-state index in [0.29, 0.717) is 30.0 Å². The molecule has 0 radical (unpaired) electrons. The maximum atomic E-state index is 12.2. The van der Waals surface area contributed by atoms with Crippen molar-refractivity contribution in [2.45, 2.75) is 13.3 Å². The lowest BCUT2D eigenvalue weighted by molar-refractivity contribution is 0.0696. The van der Waals surface area contributed by atoms with Crippen LogP contribution in [0.3, 0.4) is 0 Å². The van der Waals surface area contributed by atoms with Crippen LogP contribution in [0.1, 0.15) is 43.7 Å². The largest absolute Gasteiger partial charge is 0.496 e. The number of nitrogens with zero attached hydrogens (tertiary/aromatic N) is 1. The molecule has 0 fully saturated rings. The Kier molecular flexibility index (Phi) is 5.59. The number of methoxy groups -OCH3 is 1. The second-order valence-electron chi connectivity index (χ2n) is 5.62. The van der Waals surface area contributed by atoms with Gasteiger partial charge in [-0.05, 0) is 37.1 Å². The van der Waals surface area contributed by atoms with E-state index in [4.69, 9.17) is 9.84 Å². The van der Waals surface area contributed by atoms with E-state index < -0.39 is 5.97 Å². The van der Waals surface area contributed by atoms with Crippen LogP contribution in [0.2, 0.25) is 0 Å². The second-order valence-corrected chi connectivity index (χ2v) is 5.62. The first-order valence-corrected chi connectivity index (χ1v) is 7.69. The van der Waals surface area contributed by atoms with E-state index in [1.165, 1.54) is 26.2 Å². The molecule has 1 aromatic carbocycles. The average molecular weight is 344 g/mol. The van der Waals surface area contributed by atoms with E-state index in [-0.39, 0.29) is 17.3 Å². The number of carboxylic acid groups (broad SMARTS) is 1. The third-order valence-corrected chi connectivity index (χ3v) is 3.86. The van der Waals surface area contributed by atoms with Crippen LogP contribution in [0.5, 0.6) is 5.75 Å². The molecule has 0 spiro atoms. The number of benzene rings is 1. The van der Waals surface area contributed by atoms with Gasteiger partial charge in [0.15, 0.2) is 5.78 Å². The summed E-state index contributed by atoms with van der Waals surface area (Å²) in [6.07, 6.45) is 2.10. The fraction of sp³-hybridized carbons (Fsp3) is 0.278. The molecule has 7 heteroatoms. The van der Waals surface area contributed by atoms with Gasteiger partial charge in [-0.3, -0.25) is 9.59 Å². The zero-order valence-corrected chi connectivity index (χ0v) is 14.3. The number of carboxylic acids is 1. The van der Waals surface area contributed by atoms with Crippen LogP contribution in [0.15, 0.2) is 30.5 Å². The number of amides is 1. The van der Waals surface area contributed by atoms with Gasteiger partial charge < -0.3 is 19.7 Å². The Morgan fingerprint density at radius 2 is 1.92 bits per heavy atom. The Bertz CT molecular complexity index is 823. The molecule has 0 saturated heterocycles. The molecular weight excluding hydrogens is 324 g/mol. The predicted molar refractivity (Wildman–Crippen MR) is 91.4 cm³/mol. The number of carbonyl (C=O) groups excluding carboxylic acids is 2. The Balaban J connectivity index is 2.02. The minimum absolute atomic E-state index is 0.0992. The molecule has 0 aliphatic rings. The SMILES string of the molecule is COc1cc(C(=O)O)ccc1CCNC(=O)c1cc(C(C)=O)cn1C. The molecule has 0 bridgehead atoms. The van der Waals surface area contributed by atoms with Crippen molar-refractivity contribution in [3.63, 3.8) is 0 Å². The fourth-order valence-electron chi connectivity index (χ4n) is 2.47. The van der Waals surface area contributed by atoms with E-state index >= 15 is 0 Å². The van der Waals surface area contributed by atoms with Crippen molar-refractivity contribution in [2.24, 2.45) is 7.05 Å². The highest BCUT2D eigenvalue weighted by atomic mass is 16.5. The summed E-state index contributed by atoms with van der Waals surface area (Å²) >= 11 is 0. The van der Waals surface area contributed by atoms with Crippen molar-refractivity contribution >= 4 is 17.7 Å². The molecular formula is C18H20N2O5. The van der Waals surface area contributed by atoms with Crippen LogP contribution in [0, 0.1) is 0 Å². The number of hydrogen-bond acceptors (Lipinski definition) is 4. The standard InChI is InChI=1S/C18H20N2O5/c1-11(21)14-8-15(20(2)10-14)17(22)19-7-6-12-4-5-13(18(23)24)9-16(12)25-3/h4-5,8-10H,6-7H2,1-3H3,(H,19,22)(H,23,24). The number of nitrogens with one attached hydrogen (secondary N) is 1. The summed E-state index contributed by atoms with van der Waals surface area (Å²) in [6, 6.07) is 6.18. The third-order valence-electron chi connectivity index (χ3n) is 3.86. The first-order valence-electron chi connectivity index (χ1n) is 7.69. The maximum absolute atomic E-state index is 12.2. The fourth-order valence-corrected chi connectivity index (χ4v) is 2.47. The molecule has 1 heterocycles. The van der Waals surface area contributed by atoms with E-state index in [0.717, 1.165) is 5.56 Å². The van der Waals surface area contributed by atoms with Crippen molar-refractivity contribution in [3.8, 4) is 5.75 Å². The lowest BCUT2D eigenvalue weighted by Gasteiger charge is -2.10. The van der Waals surface area contributed by atoms with Crippen LogP contribution in [-0.2, 0) is 13.5 Å². The number of rotatable bonds is 7. The Morgan fingerprint density at radius 3 is 2.48 bits per heavy atom. The van der Waals surface area contributed by atoms with Crippen LogP contribution in [0.4, 0.5) is 0 Å². The average Bonchev–Trinajstić information content (AvgIpc) is 2.97. The van der Waals surface area contributed by atoms with Crippen molar-refractivity contribution in [3.05, 3.63) is 52.8 Å². The summed E-state index contributed by atoms with van der Waals surface area (Å²) < 4.78 is 6.81. The zero-order valence-electron chi connectivity index (χ0n) is 14.3. The smallest absolute Gasteiger partial charge is 0.335 e. The molecule has 0 atom stereocenters. The Hall–Kier alpha value is -3.09. The number of Topliss-reactive ketones (excluding diaryl/α,β-unsaturated/α-hetero) is 1. The van der Waals surface area contributed by atoms with E-state index in [1.54, 1.807) is 29.9 Å². The first kappa shape index (κ1) is 18.3. The highest BCUT2D eigenvalue weighted by Crippen LogP contribution is 2.20. The molecule has 132 valence electrons. The van der Waals surface area contributed by atoms with Crippen molar-refractivity contribution in [1.82, 2.24) is 9.88 Å². The van der Waals surface area contributed by atoms with E-state index in [2.05, 4.69) is 5.32 Å². The monoisotopic (exact) mass is 344 g/mol. The molecule has 2 aromatic rings. The van der Waals surface area contributed by atoms with E-state index in [9.17, 15) is 14.4 Å². The molecule has 7 nitrogen and oxygen atoms in total. The lowest BCUT2D eigenvalue weighted by atomic mass is 10.1. The molecule has 2 N–H and O–H groups in total. The van der Waals surface area contributed by atoms with Crippen LogP contribution in [0.25, 0.3) is 0 Å². The molecule has 2 rings (SSSR count). The third kappa shape index (κ3) is 4.26. The zero-order chi connectivity index (χ0) is 18.6. The summed E-state index contributed by atoms with van der Waals surface area (Å²) in [7, 11) is 3.17. The highest BCUT2D eigenvalue weighted by Gasteiger charge is 2.14. The normalized spacial score (nSPS) is 10.4. The molecule has 0 unspecified atom stereocenters. The number of aromatic carboxylic acids is 1. The number of aryl methyl sites for hydroxylation is 1. The van der Waals surface area contributed by atoms with Gasteiger partial charge in [0.2, 0.25) is 0 Å². The summed E-state index contributed by atoms with van der Waals surface area (Å²) in [6.45, 7) is 1.80. The molecule has 0 aliphatic carbocycles. The van der Waals surface area contributed by atoms with Crippen molar-refractivity contribution in [2.75, 3.05) is 13.7 Å². The number of aromatic nitrogens is 1. The van der Waals surface area contributed by atoms with E-state index in [1.807, 2.05) is 0 Å². The molecule has 0 aliphatic heterocycles. The highest BCUT2D eigenvalue weighted by molar-refractivity contribution is 5.99. The van der Waals surface area contributed by atoms with Crippen LogP contribution in [-0.4, -0.2) is 41.0 Å². The molecule has 1 aromatic heterocycles. The van der Waals surface area contributed by atoms with Gasteiger partial charge in [-0.15, -0.1) is 0 Å². The first-order chi connectivity index (χ1) is 11.8. The second kappa shape index (κ2) is 7.65. The van der Waals surface area contributed by atoms with Gasteiger partial charge >= 0.3 is 5.97 Å². The summed E-state index contributed by atoms with van der Waals surface area (Å²) in [5, 5.41) is 11.8. The topological polar surface area (TPSA) is 97.6 Å². The molecule has 0 saturated carbocycles. The van der Waals surface area contributed by atoms with Gasteiger partial charge in [0.1, 0.15) is 11.4 Å². The number of hydrogen-bond donors (Lipinski definition) is 2. The number of ether oxygens (including phenoxy) is 1. The quantitative estimate of drug-likeness (QED) is 0.748. The number of carbonyl (C=O) groups is 3. The van der Waals surface area contributed by atoms with Gasteiger partial charge in [0.25, 0.3) is 5.91 Å². The molecule has 25 heavy (non-hydrogen) atoms. The maximum Gasteiger partial charge on any atom is 0.335 e. The van der Waals surface area contributed by atoms with Gasteiger partial charge in [0, 0.05) is 25.4 Å². The van der Waals surface area contributed by atoms with Crippen molar-refractivity contribution < 1.29 is 24.2 Å². The van der Waals surface area contributed by atoms with Gasteiger partial charge in [0.05, 0.1) is 12.7 Å². The Labute approximate surface area is 145 Å². The van der Waals surface area contributed by atoms with Crippen LogP contribution >= 0.6 is 0 Å². The van der Waals surface area contributed by atoms with Crippen molar-refractivity contribution in [1.29, 1.82) is 0 Å². The number of ketones is 1. The summed E-state index contributed by atoms with van der Waals surface area (Å²) in [5.74, 6) is -0.941. The lowest BCUT2D eigenvalue weighted by Crippen LogP contribution is -2.27.